The topological polar surface area (TPSA) is 29.5 Å². The molecule has 0 bridgehead atoms. The van der Waals surface area contributed by atoms with Crippen molar-refractivity contribution in [2.45, 2.75) is 96.3 Å². The number of ether oxygens (including phenoxy) is 1. The second kappa shape index (κ2) is 8.14. The van der Waals surface area contributed by atoms with Crippen LogP contribution in [0.2, 0.25) is 0 Å². The van der Waals surface area contributed by atoms with Crippen molar-refractivity contribution < 1.29 is 23.0 Å². The van der Waals surface area contributed by atoms with Crippen LogP contribution in [0.5, 0.6) is 0 Å². The molecule has 0 saturated heterocycles. The molecule has 0 heterocycles. The highest BCUT2D eigenvalue weighted by Gasteiger charge is 2.61. The van der Waals surface area contributed by atoms with E-state index in [-0.39, 0.29) is 23.2 Å². The molecule has 32 heavy (non-hydrogen) atoms. The van der Waals surface area contributed by atoms with Gasteiger partial charge in [-0.2, -0.15) is 13.2 Å². The largest absolute Gasteiger partial charge is 0.392 e. The van der Waals surface area contributed by atoms with Gasteiger partial charge in [-0.25, -0.2) is 0 Å². The number of methoxy groups -OCH3 is 1. The Morgan fingerprint density at radius 1 is 0.938 bits per heavy atom. The van der Waals surface area contributed by atoms with Crippen molar-refractivity contribution in [3.63, 3.8) is 0 Å². The highest BCUT2D eigenvalue weighted by Crippen LogP contribution is 2.67. The zero-order valence-corrected chi connectivity index (χ0v) is 20.2. The Bertz CT molecular complexity index is 691. The first-order chi connectivity index (χ1) is 15.1. The molecule has 5 fully saturated rings. The Kier molecular flexibility index (Phi) is 5.96. The van der Waals surface area contributed by atoms with Crippen LogP contribution in [0.25, 0.3) is 0 Å². The molecule has 5 rings (SSSR count). The van der Waals surface area contributed by atoms with E-state index >= 15 is 0 Å². The van der Waals surface area contributed by atoms with Crippen LogP contribution >= 0.6 is 0 Å². The minimum absolute atomic E-state index is 0.0806. The van der Waals surface area contributed by atoms with Gasteiger partial charge in [-0.05, 0) is 123 Å². The predicted octanol–water partition coefficient (Wildman–Crippen LogP) is 6.86. The molecule has 0 aliphatic heterocycles. The van der Waals surface area contributed by atoms with Crippen LogP contribution in [-0.4, -0.2) is 30.6 Å². The maximum atomic E-state index is 14.0. The third-order valence-corrected chi connectivity index (χ3v) is 11.3. The van der Waals surface area contributed by atoms with Gasteiger partial charge in [-0.1, -0.05) is 13.8 Å². The molecule has 4 unspecified atom stereocenters. The molecule has 0 aromatic carbocycles. The van der Waals surface area contributed by atoms with Crippen molar-refractivity contribution in [1.82, 2.24) is 0 Å². The van der Waals surface area contributed by atoms with E-state index in [1.54, 1.807) is 7.11 Å². The number of hydrogen-bond donors (Lipinski definition) is 1. The zero-order chi connectivity index (χ0) is 22.9. The van der Waals surface area contributed by atoms with Crippen LogP contribution in [-0.2, 0) is 4.74 Å². The molecule has 5 heteroatoms. The van der Waals surface area contributed by atoms with Crippen LogP contribution in [0, 0.1) is 58.7 Å². The van der Waals surface area contributed by atoms with Crippen LogP contribution in [0.4, 0.5) is 13.2 Å². The van der Waals surface area contributed by atoms with Gasteiger partial charge in [0.2, 0.25) is 0 Å². The number of rotatable bonds is 5. The summed E-state index contributed by atoms with van der Waals surface area (Å²) in [6.07, 6.45) is 7.08. The molecule has 5 aliphatic rings. The molecule has 5 saturated carbocycles. The quantitative estimate of drug-likeness (QED) is 0.490. The maximum absolute atomic E-state index is 14.0. The standard InChI is InChI=1S/C27H43F3O2/c1-16(24(17-4-5-17)27(28,29)30)22-8-9-23-21-7-6-18-14-26(31,15-32-3)13-11-19(18)20(21)10-12-25(22,23)2/h16-24,31H,4-15H2,1-3H3/t16-,18?,19?,20+,21?,22?,23-,24-,25+,26-/m0/s1. The average molecular weight is 457 g/mol. The van der Waals surface area contributed by atoms with Gasteiger partial charge in [0.25, 0.3) is 0 Å². The SMILES string of the molecule is COC[C@]1(O)CCC2C(CCC3[C@@H]2CC[C@]2(C)C([C@H](C)[C@@H](C4CC4)C(F)(F)F)CC[C@@H]32)C1. The summed E-state index contributed by atoms with van der Waals surface area (Å²) in [4.78, 5) is 0. The van der Waals surface area contributed by atoms with E-state index in [1.165, 1.54) is 19.3 Å². The second-order valence-corrected chi connectivity index (χ2v) is 12.8. The number of halogens is 3. The molecule has 10 atom stereocenters. The first-order valence-corrected chi connectivity index (χ1v) is 13.4. The minimum Gasteiger partial charge on any atom is -0.387 e. The third-order valence-electron chi connectivity index (χ3n) is 11.3. The van der Waals surface area contributed by atoms with Crippen molar-refractivity contribution in [2.24, 2.45) is 58.7 Å². The highest BCUT2D eigenvalue weighted by molar-refractivity contribution is 5.09. The molecule has 0 radical (unpaired) electrons. The lowest BCUT2D eigenvalue weighted by Gasteiger charge is -2.57. The molecular weight excluding hydrogens is 413 g/mol. The first-order valence-electron chi connectivity index (χ1n) is 13.4. The minimum atomic E-state index is -4.05. The van der Waals surface area contributed by atoms with Crippen molar-refractivity contribution >= 4 is 0 Å². The zero-order valence-electron chi connectivity index (χ0n) is 20.2. The van der Waals surface area contributed by atoms with Gasteiger partial charge in [-0.3, -0.25) is 0 Å². The first kappa shape index (κ1) is 23.5. The van der Waals surface area contributed by atoms with E-state index in [2.05, 4.69) is 6.92 Å². The molecule has 184 valence electrons. The molecule has 2 nitrogen and oxygen atoms in total. The van der Waals surface area contributed by atoms with Crippen LogP contribution < -0.4 is 0 Å². The normalized spacial score (nSPS) is 48.5. The van der Waals surface area contributed by atoms with Crippen molar-refractivity contribution in [3.05, 3.63) is 0 Å². The summed E-state index contributed by atoms with van der Waals surface area (Å²) < 4.78 is 47.3. The van der Waals surface area contributed by atoms with Gasteiger partial charge in [0.15, 0.2) is 0 Å². The summed E-state index contributed by atoms with van der Waals surface area (Å²) in [5.74, 6) is 2.06. The molecule has 5 aliphatic carbocycles. The van der Waals surface area contributed by atoms with E-state index < -0.39 is 17.7 Å². The number of fused-ring (bicyclic) bond motifs is 5. The lowest BCUT2D eigenvalue weighted by atomic mass is 9.48. The lowest BCUT2D eigenvalue weighted by molar-refractivity contribution is -0.204. The van der Waals surface area contributed by atoms with E-state index in [0.29, 0.717) is 30.3 Å². The van der Waals surface area contributed by atoms with Crippen LogP contribution in [0.3, 0.4) is 0 Å². The van der Waals surface area contributed by atoms with E-state index in [0.717, 1.165) is 57.3 Å². The number of alkyl halides is 3. The Morgan fingerprint density at radius 3 is 2.31 bits per heavy atom. The monoisotopic (exact) mass is 456 g/mol. The van der Waals surface area contributed by atoms with Crippen LogP contribution in [0.15, 0.2) is 0 Å². The summed E-state index contributed by atoms with van der Waals surface area (Å²) in [5, 5.41) is 10.9. The van der Waals surface area contributed by atoms with Crippen LogP contribution in [0.1, 0.15) is 84.5 Å². The fraction of sp³-hybridized carbons (Fsp3) is 1.00. The maximum Gasteiger partial charge on any atom is 0.392 e. The van der Waals surface area contributed by atoms with Gasteiger partial charge in [0, 0.05) is 7.11 Å². The second-order valence-electron chi connectivity index (χ2n) is 12.8. The van der Waals surface area contributed by atoms with Gasteiger partial charge in [-0.15, -0.1) is 0 Å². The summed E-state index contributed by atoms with van der Waals surface area (Å²) in [6, 6.07) is 0. The fourth-order valence-electron chi connectivity index (χ4n) is 9.97. The van der Waals surface area contributed by atoms with Gasteiger partial charge >= 0.3 is 6.18 Å². The molecule has 0 aromatic heterocycles. The Balaban J connectivity index is 1.31. The summed E-state index contributed by atoms with van der Waals surface area (Å²) in [7, 11) is 1.67. The Morgan fingerprint density at radius 2 is 1.66 bits per heavy atom. The van der Waals surface area contributed by atoms with Gasteiger partial charge in [0.05, 0.1) is 18.1 Å². The van der Waals surface area contributed by atoms with Crippen molar-refractivity contribution in [1.29, 1.82) is 0 Å². The van der Waals surface area contributed by atoms with Crippen molar-refractivity contribution in [3.8, 4) is 0 Å². The van der Waals surface area contributed by atoms with Gasteiger partial charge < -0.3 is 9.84 Å². The predicted molar refractivity (Wildman–Crippen MR) is 119 cm³/mol. The third kappa shape index (κ3) is 3.85. The van der Waals surface area contributed by atoms with E-state index in [9.17, 15) is 18.3 Å². The fourth-order valence-corrected chi connectivity index (χ4v) is 9.97. The summed E-state index contributed by atoms with van der Waals surface area (Å²) >= 11 is 0. The smallest absolute Gasteiger partial charge is 0.387 e. The molecule has 0 aromatic rings. The van der Waals surface area contributed by atoms with Gasteiger partial charge in [0.1, 0.15) is 0 Å². The summed E-state index contributed by atoms with van der Waals surface area (Å²) in [5.41, 5.74) is -0.577. The number of hydrogen-bond acceptors (Lipinski definition) is 2. The van der Waals surface area contributed by atoms with E-state index in [1.807, 2.05) is 6.92 Å². The molecule has 0 spiro atoms. The van der Waals surface area contributed by atoms with Crippen molar-refractivity contribution in [2.75, 3.05) is 13.7 Å². The lowest BCUT2D eigenvalue weighted by Crippen LogP contribution is -2.52. The molecule has 0 amide bonds. The Hall–Kier alpha value is -0.290. The summed E-state index contributed by atoms with van der Waals surface area (Å²) in [6.45, 7) is 4.74. The molecular formula is C27H43F3O2. The Labute approximate surface area is 192 Å². The van der Waals surface area contributed by atoms with E-state index in [4.69, 9.17) is 4.74 Å². The highest BCUT2D eigenvalue weighted by atomic mass is 19.4. The average Bonchev–Trinajstić information content (AvgIpc) is 3.46. The molecule has 1 N–H and O–H groups in total. The number of aliphatic hydroxyl groups is 1.